The van der Waals surface area contributed by atoms with Crippen molar-refractivity contribution in [3.63, 3.8) is 0 Å². The first-order valence-electron chi connectivity index (χ1n) is 9.37. The molecule has 3 heteroatoms. The Morgan fingerprint density at radius 3 is 2.25 bits per heavy atom. The molecule has 0 saturated heterocycles. The van der Waals surface area contributed by atoms with Crippen LogP contribution in [0.25, 0.3) is 17.0 Å². The third-order valence-corrected chi connectivity index (χ3v) is 4.82. The molecular weight excluding hydrogens is 344 g/mol. The first-order valence-corrected chi connectivity index (χ1v) is 9.37. The number of hydrogen-bond donors (Lipinski definition) is 2. The predicted molar refractivity (Wildman–Crippen MR) is 115 cm³/mol. The van der Waals surface area contributed by atoms with Crippen molar-refractivity contribution >= 4 is 22.9 Å². The number of amides is 1. The summed E-state index contributed by atoms with van der Waals surface area (Å²) in [4.78, 5) is 15.4. The summed E-state index contributed by atoms with van der Waals surface area (Å²) < 4.78 is 0. The minimum absolute atomic E-state index is 0.0806. The minimum Gasteiger partial charge on any atom is -0.361 e. The van der Waals surface area contributed by atoms with Crippen LogP contribution < -0.4 is 5.32 Å². The molecule has 0 fully saturated rings. The molecule has 0 aliphatic carbocycles. The summed E-state index contributed by atoms with van der Waals surface area (Å²) in [5, 5.41) is 4.24. The van der Waals surface area contributed by atoms with E-state index in [1.165, 1.54) is 0 Å². The molecule has 2 N–H and O–H groups in total. The van der Waals surface area contributed by atoms with E-state index >= 15 is 0 Å². The molecule has 0 radical (unpaired) electrons. The van der Waals surface area contributed by atoms with Crippen LogP contribution in [0.15, 0.2) is 96.8 Å². The molecule has 0 aliphatic heterocycles. The molecule has 1 unspecified atom stereocenters. The van der Waals surface area contributed by atoms with Gasteiger partial charge in [-0.1, -0.05) is 78.9 Å². The molecule has 28 heavy (non-hydrogen) atoms. The van der Waals surface area contributed by atoms with Gasteiger partial charge in [0.05, 0.1) is 5.92 Å². The number of allylic oxidation sites excluding steroid dienone is 1. The first kappa shape index (κ1) is 17.8. The molecule has 3 nitrogen and oxygen atoms in total. The molecule has 1 aromatic heterocycles. The third kappa shape index (κ3) is 3.74. The van der Waals surface area contributed by atoms with Gasteiger partial charge in [0, 0.05) is 29.7 Å². The van der Waals surface area contributed by atoms with Crippen LogP contribution in [0, 0.1) is 0 Å². The molecule has 0 aliphatic rings. The van der Waals surface area contributed by atoms with E-state index in [-0.39, 0.29) is 11.8 Å². The normalized spacial score (nSPS) is 12.7. The van der Waals surface area contributed by atoms with Crippen molar-refractivity contribution in [3.8, 4) is 0 Å². The lowest BCUT2D eigenvalue weighted by atomic mass is 9.87. The van der Waals surface area contributed by atoms with Gasteiger partial charge in [-0.3, -0.25) is 4.79 Å². The second-order valence-corrected chi connectivity index (χ2v) is 6.82. The average molecular weight is 366 g/mol. The number of rotatable bonds is 5. The molecule has 0 saturated carbocycles. The van der Waals surface area contributed by atoms with Crippen LogP contribution in [0.4, 0.5) is 0 Å². The van der Waals surface area contributed by atoms with E-state index in [4.69, 9.17) is 0 Å². The van der Waals surface area contributed by atoms with Gasteiger partial charge in [-0.15, -0.1) is 0 Å². The molecule has 0 bridgehead atoms. The van der Waals surface area contributed by atoms with Crippen molar-refractivity contribution in [1.29, 1.82) is 0 Å². The zero-order valence-electron chi connectivity index (χ0n) is 15.7. The van der Waals surface area contributed by atoms with E-state index in [1.807, 2.05) is 66.9 Å². The number of nitrogens with one attached hydrogen (secondary N) is 2. The van der Waals surface area contributed by atoms with Gasteiger partial charge >= 0.3 is 0 Å². The monoisotopic (exact) mass is 366 g/mol. The second kappa shape index (κ2) is 7.97. The number of fused-ring (bicyclic) bond motifs is 1. The van der Waals surface area contributed by atoms with Crippen molar-refractivity contribution in [1.82, 2.24) is 10.3 Å². The smallest absolute Gasteiger partial charge is 0.221 e. The van der Waals surface area contributed by atoms with Gasteiger partial charge in [-0.25, -0.2) is 0 Å². The lowest BCUT2D eigenvalue weighted by molar-refractivity contribution is -0.118. The Morgan fingerprint density at radius 2 is 1.54 bits per heavy atom. The minimum atomic E-state index is -0.0959. The Morgan fingerprint density at radius 1 is 0.893 bits per heavy atom. The van der Waals surface area contributed by atoms with Crippen molar-refractivity contribution < 1.29 is 4.79 Å². The second-order valence-electron chi connectivity index (χ2n) is 6.82. The maximum Gasteiger partial charge on any atom is 0.221 e. The summed E-state index contributed by atoms with van der Waals surface area (Å²) in [6.07, 6.45) is 4.10. The molecule has 138 valence electrons. The molecule has 1 atom stereocenters. The number of benzene rings is 3. The summed E-state index contributed by atoms with van der Waals surface area (Å²) in [7, 11) is 0. The van der Waals surface area contributed by atoms with Crippen LogP contribution in [-0.4, -0.2) is 10.9 Å². The van der Waals surface area contributed by atoms with Gasteiger partial charge in [0.1, 0.15) is 0 Å². The Balaban J connectivity index is 1.92. The number of aromatic nitrogens is 1. The molecule has 1 amide bonds. The largest absolute Gasteiger partial charge is 0.361 e. The van der Waals surface area contributed by atoms with Crippen LogP contribution in [0.2, 0.25) is 0 Å². The Kier molecular flexibility index (Phi) is 5.07. The Labute approximate surface area is 164 Å². The molecule has 4 aromatic rings. The van der Waals surface area contributed by atoms with Gasteiger partial charge in [0.2, 0.25) is 5.91 Å². The zero-order chi connectivity index (χ0) is 19.3. The van der Waals surface area contributed by atoms with Crippen molar-refractivity contribution in [3.05, 3.63) is 114 Å². The van der Waals surface area contributed by atoms with E-state index in [9.17, 15) is 4.79 Å². The van der Waals surface area contributed by atoms with Gasteiger partial charge in [0.25, 0.3) is 0 Å². The number of aromatic amines is 1. The molecule has 0 spiro atoms. The highest BCUT2D eigenvalue weighted by Crippen LogP contribution is 2.36. The van der Waals surface area contributed by atoms with Crippen LogP contribution in [0.5, 0.6) is 0 Å². The van der Waals surface area contributed by atoms with E-state index in [0.29, 0.717) is 0 Å². The third-order valence-electron chi connectivity index (χ3n) is 4.82. The van der Waals surface area contributed by atoms with Crippen LogP contribution in [0.1, 0.15) is 29.5 Å². The Bertz CT molecular complexity index is 1110. The highest BCUT2D eigenvalue weighted by atomic mass is 16.1. The highest BCUT2D eigenvalue weighted by Gasteiger charge is 2.23. The molecule has 3 aromatic carbocycles. The SMILES string of the molecule is CC(=O)N/C(=C\c1ccccc1)C(c1ccccc1)c1c[nH]c2ccccc12. The number of carbonyl (C=O) groups is 1. The average Bonchev–Trinajstić information content (AvgIpc) is 3.13. The first-order chi connectivity index (χ1) is 13.7. The number of para-hydroxylation sites is 1. The standard InChI is InChI=1S/C25H22N2O/c1-18(28)27-24(16-19-10-4-2-5-11-19)25(20-12-6-3-7-13-20)22-17-26-23-15-9-8-14-21(22)23/h2-17,25-26H,1H3,(H,27,28)/b24-16-. The van der Waals surface area contributed by atoms with E-state index in [0.717, 1.165) is 33.3 Å². The number of hydrogen-bond acceptors (Lipinski definition) is 1. The van der Waals surface area contributed by atoms with Crippen LogP contribution in [-0.2, 0) is 4.79 Å². The van der Waals surface area contributed by atoms with Crippen molar-refractivity contribution in [2.45, 2.75) is 12.8 Å². The van der Waals surface area contributed by atoms with Crippen LogP contribution in [0.3, 0.4) is 0 Å². The number of H-pyrrole nitrogens is 1. The maximum atomic E-state index is 12.1. The van der Waals surface area contributed by atoms with Crippen molar-refractivity contribution in [2.24, 2.45) is 0 Å². The summed E-state index contributed by atoms with van der Waals surface area (Å²) in [6, 6.07) is 28.6. The zero-order valence-corrected chi connectivity index (χ0v) is 15.7. The fraction of sp³-hybridized carbons (Fsp3) is 0.0800. The van der Waals surface area contributed by atoms with Gasteiger partial charge < -0.3 is 10.3 Å². The molecule has 4 rings (SSSR count). The van der Waals surface area contributed by atoms with Gasteiger partial charge in [0.15, 0.2) is 0 Å². The van der Waals surface area contributed by atoms with E-state index < -0.39 is 0 Å². The predicted octanol–water partition coefficient (Wildman–Crippen LogP) is 5.48. The van der Waals surface area contributed by atoms with Crippen LogP contribution >= 0.6 is 0 Å². The van der Waals surface area contributed by atoms with Gasteiger partial charge in [-0.2, -0.15) is 0 Å². The lowest BCUT2D eigenvalue weighted by Gasteiger charge is -2.22. The highest BCUT2D eigenvalue weighted by molar-refractivity contribution is 5.86. The fourth-order valence-corrected chi connectivity index (χ4v) is 3.63. The lowest BCUT2D eigenvalue weighted by Crippen LogP contribution is -2.24. The number of carbonyl (C=O) groups excluding carboxylic acids is 1. The van der Waals surface area contributed by atoms with Gasteiger partial charge in [-0.05, 0) is 28.8 Å². The summed E-state index contributed by atoms with van der Waals surface area (Å²) in [6.45, 7) is 1.55. The molecular formula is C25H22N2O. The van der Waals surface area contributed by atoms with E-state index in [1.54, 1.807) is 6.92 Å². The van der Waals surface area contributed by atoms with E-state index in [2.05, 4.69) is 40.6 Å². The molecule has 1 heterocycles. The summed E-state index contributed by atoms with van der Waals surface area (Å²) >= 11 is 0. The quantitative estimate of drug-likeness (QED) is 0.483. The topological polar surface area (TPSA) is 44.9 Å². The maximum absolute atomic E-state index is 12.1. The summed E-state index contributed by atoms with van der Waals surface area (Å²) in [5.41, 5.74) is 5.25. The van der Waals surface area contributed by atoms with Crippen molar-refractivity contribution in [2.75, 3.05) is 0 Å². The summed E-state index contributed by atoms with van der Waals surface area (Å²) in [5.74, 6) is -0.176. The fourth-order valence-electron chi connectivity index (χ4n) is 3.63. The Hall–Kier alpha value is -3.59.